The van der Waals surface area contributed by atoms with Crippen molar-refractivity contribution in [3.63, 3.8) is 0 Å². The molecule has 25 heavy (non-hydrogen) atoms. The molecule has 1 unspecified atom stereocenters. The van der Waals surface area contributed by atoms with Crippen LogP contribution in [0.1, 0.15) is 17.3 Å². The van der Waals surface area contributed by atoms with Crippen LogP contribution < -0.4 is 10.6 Å². The SMILES string of the molecule is CC(NC(=O)c1ccccc1Cl)C(=O)Nc1ccc(F)c([N+](=O)[O-])c1. The largest absolute Gasteiger partial charge is 0.340 e. The second-order valence-corrected chi connectivity index (χ2v) is 5.49. The number of halogens is 2. The maximum absolute atomic E-state index is 13.3. The summed E-state index contributed by atoms with van der Waals surface area (Å²) >= 11 is 5.91. The molecule has 0 saturated heterocycles. The summed E-state index contributed by atoms with van der Waals surface area (Å²) in [5.41, 5.74) is -0.510. The van der Waals surface area contributed by atoms with Crippen LogP contribution in [0.5, 0.6) is 0 Å². The predicted octanol–water partition coefficient (Wildman–Crippen LogP) is 3.14. The van der Waals surface area contributed by atoms with E-state index in [1.807, 2.05) is 0 Å². The zero-order chi connectivity index (χ0) is 18.6. The first-order chi connectivity index (χ1) is 11.8. The van der Waals surface area contributed by atoms with E-state index in [0.29, 0.717) is 0 Å². The van der Waals surface area contributed by atoms with Gasteiger partial charge in [-0.3, -0.25) is 19.7 Å². The molecule has 2 rings (SSSR count). The van der Waals surface area contributed by atoms with Crippen LogP contribution in [-0.2, 0) is 4.79 Å². The Bertz CT molecular complexity index is 844. The van der Waals surface area contributed by atoms with E-state index in [4.69, 9.17) is 11.6 Å². The van der Waals surface area contributed by atoms with Crippen molar-refractivity contribution < 1.29 is 18.9 Å². The molecule has 0 spiro atoms. The molecule has 2 aromatic carbocycles. The Hall–Kier alpha value is -3.00. The molecule has 0 fully saturated rings. The first kappa shape index (κ1) is 18.3. The van der Waals surface area contributed by atoms with Crippen molar-refractivity contribution in [1.29, 1.82) is 0 Å². The van der Waals surface area contributed by atoms with Crippen molar-refractivity contribution in [1.82, 2.24) is 5.32 Å². The summed E-state index contributed by atoms with van der Waals surface area (Å²) in [5, 5.41) is 15.8. The maximum atomic E-state index is 13.3. The minimum absolute atomic E-state index is 0.0388. The number of hydrogen-bond donors (Lipinski definition) is 2. The second kappa shape index (κ2) is 7.71. The van der Waals surface area contributed by atoms with E-state index in [9.17, 15) is 24.1 Å². The number of amides is 2. The minimum Gasteiger partial charge on any atom is -0.340 e. The number of nitro groups is 1. The van der Waals surface area contributed by atoms with Gasteiger partial charge in [-0.05, 0) is 31.2 Å². The monoisotopic (exact) mass is 365 g/mol. The molecule has 2 aromatic rings. The molecule has 0 bridgehead atoms. The molecule has 2 amide bonds. The van der Waals surface area contributed by atoms with Crippen LogP contribution in [0.3, 0.4) is 0 Å². The Morgan fingerprint density at radius 1 is 1.24 bits per heavy atom. The highest BCUT2D eigenvalue weighted by Crippen LogP contribution is 2.21. The van der Waals surface area contributed by atoms with Gasteiger partial charge in [-0.15, -0.1) is 0 Å². The average molecular weight is 366 g/mol. The van der Waals surface area contributed by atoms with Gasteiger partial charge in [0.05, 0.1) is 15.5 Å². The number of rotatable bonds is 5. The molecule has 130 valence electrons. The highest BCUT2D eigenvalue weighted by atomic mass is 35.5. The quantitative estimate of drug-likeness (QED) is 0.627. The molecular weight excluding hydrogens is 353 g/mol. The van der Waals surface area contributed by atoms with E-state index in [1.54, 1.807) is 18.2 Å². The summed E-state index contributed by atoms with van der Waals surface area (Å²) < 4.78 is 13.3. The van der Waals surface area contributed by atoms with Gasteiger partial charge in [0, 0.05) is 11.8 Å². The molecule has 0 heterocycles. The van der Waals surface area contributed by atoms with Gasteiger partial charge >= 0.3 is 5.69 Å². The lowest BCUT2D eigenvalue weighted by Crippen LogP contribution is -2.41. The van der Waals surface area contributed by atoms with Crippen LogP contribution in [0.4, 0.5) is 15.8 Å². The lowest BCUT2D eigenvalue weighted by atomic mass is 10.2. The second-order valence-electron chi connectivity index (χ2n) is 5.09. The Kier molecular flexibility index (Phi) is 5.66. The molecule has 1 atom stereocenters. The summed E-state index contributed by atoms with van der Waals surface area (Å²) in [6.07, 6.45) is 0. The zero-order valence-corrected chi connectivity index (χ0v) is 13.7. The average Bonchev–Trinajstić information content (AvgIpc) is 2.56. The molecule has 2 N–H and O–H groups in total. The van der Waals surface area contributed by atoms with Crippen molar-refractivity contribution in [3.8, 4) is 0 Å². The third kappa shape index (κ3) is 4.51. The summed E-state index contributed by atoms with van der Waals surface area (Å²) in [6, 6.07) is 8.34. The molecule has 0 aromatic heterocycles. The van der Waals surface area contributed by atoms with Crippen molar-refractivity contribution >= 4 is 34.8 Å². The van der Waals surface area contributed by atoms with Gasteiger partial charge < -0.3 is 10.6 Å². The van der Waals surface area contributed by atoms with E-state index in [1.165, 1.54) is 19.1 Å². The summed E-state index contributed by atoms with van der Waals surface area (Å²) in [4.78, 5) is 34.0. The molecule has 9 heteroatoms. The molecule has 0 aliphatic heterocycles. The van der Waals surface area contributed by atoms with Crippen LogP contribution in [0.15, 0.2) is 42.5 Å². The van der Waals surface area contributed by atoms with Crippen molar-refractivity contribution in [2.45, 2.75) is 13.0 Å². The number of carbonyl (C=O) groups excluding carboxylic acids is 2. The van der Waals surface area contributed by atoms with Crippen LogP contribution >= 0.6 is 11.6 Å². The third-order valence-electron chi connectivity index (χ3n) is 3.27. The van der Waals surface area contributed by atoms with Gasteiger partial charge in [0.25, 0.3) is 5.91 Å². The zero-order valence-electron chi connectivity index (χ0n) is 13.0. The molecule has 0 saturated carbocycles. The number of carbonyl (C=O) groups is 2. The summed E-state index contributed by atoms with van der Waals surface area (Å²) in [5.74, 6) is -2.18. The Labute approximate surface area is 146 Å². The Balaban J connectivity index is 2.06. The smallest absolute Gasteiger partial charge is 0.306 e. The topological polar surface area (TPSA) is 101 Å². The number of anilines is 1. The molecule has 0 aliphatic rings. The number of nitrogens with one attached hydrogen (secondary N) is 2. The molecule has 7 nitrogen and oxygen atoms in total. The van der Waals surface area contributed by atoms with E-state index < -0.39 is 34.3 Å². The maximum Gasteiger partial charge on any atom is 0.306 e. The third-order valence-corrected chi connectivity index (χ3v) is 3.60. The number of nitrogens with zero attached hydrogens (tertiary/aromatic N) is 1. The van der Waals surface area contributed by atoms with Crippen molar-refractivity contribution in [2.24, 2.45) is 0 Å². The summed E-state index contributed by atoms with van der Waals surface area (Å²) in [7, 11) is 0. The molecule has 0 radical (unpaired) electrons. The van der Waals surface area contributed by atoms with Crippen molar-refractivity contribution in [3.05, 3.63) is 69.0 Å². The highest BCUT2D eigenvalue weighted by molar-refractivity contribution is 6.33. The molecule has 0 aliphatic carbocycles. The lowest BCUT2D eigenvalue weighted by Gasteiger charge is -2.14. The fourth-order valence-corrected chi connectivity index (χ4v) is 2.19. The van der Waals surface area contributed by atoms with Gasteiger partial charge in [0.2, 0.25) is 11.7 Å². The first-order valence-electron chi connectivity index (χ1n) is 7.10. The van der Waals surface area contributed by atoms with Gasteiger partial charge in [-0.2, -0.15) is 4.39 Å². The first-order valence-corrected chi connectivity index (χ1v) is 7.47. The minimum atomic E-state index is -1.01. The Morgan fingerprint density at radius 2 is 1.92 bits per heavy atom. The van der Waals surface area contributed by atoms with Crippen LogP contribution in [0.25, 0.3) is 0 Å². The van der Waals surface area contributed by atoms with Gasteiger partial charge in [0.15, 0.2) is 0 Å². The van der Waals surface area contributed by atoms with Gasteiger partial charge in [-0.25, -0.2) is 0 Å². The van der Waals surface area contributed by atoms with E-state index in [2.05, 4.69) is 10.6 Å². The lowest BCUT2D eigenvalue weighted by molar-refractivity contribution is -0.387. The normalized spacial score (nSPS) is 11.5. The van der Waals surface area contributed by atoms with Crippen LogP contribution in [-0.4, -0.2) is 22.8 Å². The summed E-state index contributed by atoms with van der Waals surface area (Å²) in [6.45, 7) is 1.43. The van der Waals surface area contributed by atoms with Crippen LogP contribution in [0, 0.1) is 15.9 Å². The fourth-order valence-electron chi connectivity index (χ4n) is 1.97. The van der Waals surface area contributed by atoms with E-state index in [-0.39, 0.29) is 16.3 Å². The van der Waals surface area contributed by atoms with Crippen LogP contribution in [0.2, 0.25) is 5.02 Å². The van der Waals surface area contributed by atoms with Gasteiger partial charge in [-0.1, -0.05) is 23.7 Å². The standard InChI is InChI=1S/C16H13ClFN3O4/c1-9(19-16(23)11-4-2-3-5-12(11)17)15(22)20-10-6-7-13(18)14(8-10)21(24)25/h2-9H,1H3,(H,19,23)(H,20,22). The Morgan fingerprint density at radius 3 is 2.56 bits per heavy atom. The van der Waals surface area contributed by atoms with E-state index >= 15 is 0 Å². The number of benzene rings is 2. The predicted molar refractivity (Wildman–Crippen MR) is 90.1 cm³/mol. The van der Waals surface area contributed by atoms with Crippen molar-refractivity contribution in [2.75, 3.05) is 5.32 Å². The fraction of sp³-hybridized carbons (Fsp3) is 0.125. The van der Waals surface area contributed by atoms with Gasteiger partial charge in [0.1, 0.15) is 6.04 Å². The van der Waals surface area contributed by atoms with E-state index in [0.717, 1.165) is 12.1 Å². The number of nitro benzene ring substituents is 1. The molecular formula is C16H13ClFN3O4. The highest BCUT2D eigenvalue weighted by Gasteiger charge is 2.20. The number of hydrogen-bond acceptors (Lipinski definition) is 4.